The van der Waals surface area contributed by atoms with E-state index in [4.69, 9.17) is 0 Å². The second-order valence-electron chi connectivity index (χ2n) is 5.56. The van der Waals surface area contributed by atoms with Crippen LogP contribution in [0.4, 0.5) is 4.39 Å². The highest BCUT2D eigenvalue weighted by Crippen LogP contribution is 2.09. The SMILES string of the molecule is COC(=O)[C@H](Cc1ccc(F)cc1)NC(=O)[C@@H](O)CC(C)C. The van der Waals surface area contributed by atoms with Gasteiger partial charge in [0.25, 0.3) is 0 Å². The van der Waals surface area contributed by atoms with Gasteiger partial charge in [0.15, 0.2) is 0 Å². The molecule has 0 fully saturated rings. The first kappa shape index (κ1) is 18.1. The quantitative estimate of drug-likeness (QED) is 0.747. The molecule has 0 spiro atoms. The van der Waals surface area contributed by atoms with Crippen LogP contribution in [0.5, 0.6) is 0 Å². The fourth-order valence-electron chi connectivity index (χ4n) is 2.01. The fourth-order valence-corrected chi connectivity index (χ4v) is 2.01. The van der Waals surface area contributed by atoms with Crippen molar-refractivity contribution in [2.24, 2.45) is 5.92 Å². The van der Waals surface area contributed by atoms with Crippen LogP contribution in [0.2, 0.25) is 0 Å². The zero-order chi connectivity index (χ0) is 16.7. The molecule has 1 aromatic rings. The van der Waals surface area contributed by atoms with E-state index in [2.05, 4.69) is 10.1 Å². The Kier molecular flexibility index (Phi) is 6.98. The summed E-state index contributed by atoms with van der Waals surface area (Å²) in [6.07, 6.45) is -0.719. The first-order valence-electron chi connectivity index (χ1n) is 7.14. The minimum atomic E-state index is -1.18. The van der Waals surface area contributed by atoms with Gasteiger partial charge in [0.05, 0.1) is 7.11 Å². The van der Waals surface area contributed by atoms with Gasteiger partial charge >= 0.3 is 5.97 Å². The molecule has 0 aliphatic heterocycles. The molecular formula is C16H22FNO4. The molecule has 5 nitrogen and oxygen atoms in total. The number of amides is 1. The lowest BCUT2D eigenvalue weighted by Gasteiger charge is -2.19. The third-order valence-corrected chi connectivity index (χ3v) is 3.15. The zero-order valence-electron chi connectivity index (χ0n) is 13.0. The lowest BCUT2D eigenvalue weighted by atomic mass is 10.0. The van der Waals surface area contributed by atoms with Gasteiger partial charge in [0.2, 0.25) is 5.91 Å². The molecule has 22 heavy (non-hydrogen) atoms. The van der Waals surface area contributed by atoms with Crippen molar-refractivity contribution in [3.8, 4) is 0 Å². The highest BCUT2D eigenvalue weighted by molar-refractivity contribution is 5.86. The van der Waals surface area contributed by atoms with Gasteiger partial charge in [-0.05, 0) is 30.0 Å². The maximum atomic E-state index is 12.9. The van der Waals surface area contributed by atoms with Crippen molar-refractivity contribution < 1.29 is 23.8 Å². The Balaban J connectivity index is 2.74. The van der Waals surface area contributed by atoms with E-state index in [-0.39, 0.29) is 18.2 Å². The van der Waals surface area contributed by atoms with Crippen LogP contribution >= 0.6 is 0 Å². The number of halogens is 1. The molecule has 0 radical (unpaired) electrons. The summed E-state index contributed by atoms with van der Waals surface area (Å²) in [6, 6.07) is 4.69. The number of aliphatic hydroxyl groups is 1. The summed E-state index contributed by atoms with van der Waals surface area (Å²) in [6.45, 7) is 3.76. The monoisotopic (exact) mass is 311 g/mol. The first-order valence-corrected chi connectivity index (χ1v) is 7.14. The molecule has 0 saturated carbocycles. The number of hydrogen-bond donors (Lipinski definition) is 2. The third kappa shape index (κ3) is 5.81. The molecule has 6 heteroatoms. The topological polar surface area (TPSA) is 75.6 Å². The predicted molar refractivity (Wildman–Crippen MR) is 79.5 cm³/mol. The van der Waals surface area contributed by atoms with Crippen molar-refractivity contribution in [2.75, 3.05) is 7.11 Å². The zero-order valence-corrected chi connectivity index (χ0v) is 13.0. The van der Waals surface area contributed by atoms with E-state index in [1.54, 1.807) is 0 Å². The summed E-state index contributed by atoms with van der Waals surface area (Å²) in [5, 5.41) is 12.3. The number of benzene rings is 1. The number of carbonyl (C=O) groups excluding carboxylic acids is 2. The highest BCUT2D eigenvalue weighted by atomic mass is 19.1. The third-order valence-electron chi connectivity index (χ3n) is 3.15. The number of methoxy groups -OCH3 is 1. The average molecular weight is 311 g/mol. The molecule has 0 bridgehead atoms. The van der Waals surface area contributed by atoms with Gasteiger partial charge in [-0.25, -0.2) is 9.18 Å². The average Bonchev–Trinajstić information content (AvgIpc) is 2.47. The van der Waals surface area contributed by atoms with Crippen LogP contribution in [0.25, 0.3) is 0 Å². The van der Waals surface area contributed by atoms with Crippen LogP contribution in [0.3, 0.4) is 0 Å². The molecular weight excluding hydrogens is 289 g/mol. The van der Waals surface area contributed by atoms with E-state index >= 15 is 0 Å². The number of esters is 1. The van der Waals surface area contributed by atoms with Crippen molar-refractivity contribution in [1.29, 1.82) is 0 Å². The molecule has 122 valence electrons. The number of aliphatic hydroxyl groups excluding tert-OH is 1. The van der Waals surface area contributed by atoms with Crippen molar-refractivity contribution >= 4 is 11.9 Å². The van der Waals surface area contributed by atoms with Crippen molar-refractivity contribution in [2.45, 2.75) is 38.8 Å². The van der Waals surface area contributed by atoms with Crippen LogP contribution in [-0.2, 0) is 20.7 Å². The van der Waals surface area contributed by atoms with Crippen LogP contribution < -0.4 is 5.32 Å². The van der Waals surface area contributed by atoms with Gasteiger partial charge in [-0.2, -0.15) is 0 Å². The Bertz CT molecular complexity index is 501. The second-order valence-corrected chi connectivity index (χ2v) is 5.56. The first-order chi connectivity index (χ1) is 10.3. The number of hydrogen-bond acceptors (Lipinski definition) is 4. The molecule has 1 aromatic carbocycles. The molecule has 1 rings (SSSR count). The molecule has 0 saturated heterocycles. The van der Waals surface area contributed by atoms with E-state index in [9.17, 15) is 19.1 Å². The van der Waals surface area contributed by atoms with E-state index < -0.39 is 24.0 Å². The van der Waals surface area contributed by atoms with Gasteiger partial charge in [0.1, 0.15) is 18.0 Å². The molecule has 0 aliphatic carbocycles. The Morgan fingerprint density at radius 1 is 1.27 bits per heavy atom. The van der Waals surface area contributed by atoms with Crippen molar-refractivity contribution in [1.82, 2.24) is 5.32 Å². The Hall–Kier alpha value is -1.95. The number of rotatable bonds is 7. The normalized spacial score (nSPS) is 13.5. The van der Waals surface area contributed by atoms with Gasteiger partial charge in [0, 0.05) is 6.42 Å². The summed E-state index contributed by atoms with van der Waals surface area (Å²) in [7, 11) is 1.22. The van der Waals surface area contributed by atoms with E-state index in [1.165, 1.54) is 31.4 Å². The Morgan fingerprint density at radius 3 is 2.36 bits per heavy atom. The molecule has 1 amide bonds. The van der Waals surface area contributed by atoms with Crippen LogP contribution in [0, 0.1) is 11.7 Å². The van der Waals surface area contributed by atoms with E-state index in [0.29, 0.717) is 12.0 Å². The number of nitrogens with one attached hydrogen (secondary N) is 1. The van der Waals surface area contributed by atoms with Gasteiger partial charge < -0.3 is 15.2 Å². The number of ether oxygens (including phenoxy) is 1. The maximum absolute atomic E-state index is 12.9. The predicted octanol–water partition coefficient (Wildman–Crippen LogP) is 1.43. The molecule has 0 aromatic heterocycles. The maximum Gasteiger partial charge on any atom is 0.328 e. The highest BCUT2D eigenvalue weighted by Gasteiger charge is 2.25. The van der Waals surface area contributed by atoms with Gasteiger partial charge in [-0.3, -0.25) is 4.79 Å². The fraction of sp³-hybridized carbons (Fsp3) is 0.500. The Labute approximate surface area is 129 Å². The molecule has 2 N–H and O–H groups in total. The van der Waals surface area contributed by atoms with Crippen LogP contribution in [0.1, 0.15) is 25.8 Å². The summed E-state index contributed by atoms with van der Waals surface area (Å²) in [5.41, 5.74) is 0.676. The summed E-state index contributed by atoms with van der Waals surface area (Å²) in [4.78, 5) is 23.7. The molecule has 0 heterocycles. The lowest BCUT2D eigenvalue weighted by molar-refractivity contribution is -0.146. The molecule has 2 atom stereocenters. The molecule has 0 aliphatic rings. The molecule has 0 unspecified atom stereocenters. The van der Waals surface area contributed by atoms with Gasteiger partial charge in [-0.1, -0.05) is 26.0 Å². The number of carbonyl (C=O) groups is 2. The summed E-state index contributed by atoms with van der Waals surface area (Å²) >= 11 is 0. The van der Waals surface area contributed by atoms with Crippen molar-refractivity contribution in [3.63, 3.8) is 0 Å². The smallest absolute Gasteiger partial charge is 0.328 e. The van der Waals surface area contributed by atoms with E-state index in [0.717, 1.165) is 0 Å². The summed E-state index contributed by atoms with van der Waals surface area (Å²) in [5.74, 6) is -1.47. The van der Waals surface area contributed by atoms with Gasteiger partial charge in [-0.15, -0.1) is 0 Å². The van der Waals surface area contributed by atoms with Crippen LogP contribution in [-0.4, -0.2) is 36.2 Å². The van der Waals surface area contributed by atoms with Crippen molar-refractivity contribution in [3.05, 3.63) is 35.6 Å². The van der Waals surface area contributed by atoms with E-state index in [1.807, 2.05) is 13.8 Å². The lowest BCUT2D eigenvalue weighted by Crippen LogP contribution is -2.47. The largest absolute Gasteiger partial charge is 0.467 e. The summed E-state index contributed by atoms with van der Waals surface area (Å²) < 4.78 is 17.6. The van der Waals surface area contributed by atoms with Crippen LogP contribution in [0.15, 0.2) is 24.3 Å². The second kappa shape index (κ2) is 8.48. The minimum Gasteiger partial charge on any atom is -0.467 e. The standard InChI is InChI=1S/C16H22FNO4/c1-10(2)8-14(19)15(20)18-13(16(21)22-3)9-11-4-6-12(17)7-5-11/h4-7,10,13-14,19H,8-9H2,1-3H3,(H,18,20)/t13-,14-/m0/s1. The minimum absolute atomic E-state index is 0.148. The Morgan fingerprint density at radius 2 is 1.86 bits per heavy atom.